The molecule has 226 valence electrons. The molecule has 2 bridgehead atoms. The summed E-state index contributed by atoms with van der Waals surface area (Å²) in [6.07, 6.45) is 4.24. The van der Waals surface area contributed by atoms with E-state index in [1.165, 1.54) is 6.20 Å². The molecule has 0 saturated heterocycles. The van der Waals surface area contributed by atoms with Crippen LogP contribution in [-0.2, 0) is 0 Å². The zero-order valence-electron chi connectivity index (χ0n) is 24.1. The molecule has 1 atom stereocenters. The van der Waals surface area contributed by atoms with Crippen LogP contribution >= 0.6 is 11.6 Å². The van der Waals surface area contributed by atoms with Crippen molar-refractivity contribution in [2.75, 3.05) is 17.2 Å². The lowest BCUT2D eigenvalue weighted by Crippen LogP contribution is -2.69. The molecule has 8 nitrogen and oxygen atoms in total. The first-order valence-electron chi connectivity index (χ1n) is 14.4. The Balaban J connectivity index is 1.30. The van der Waals surface area contributed by atoms with Gasteiger partial charge in [0.25, 0.3) is 0 Å². The lowest BCUT2D eigenvalue weighted by Gasteiger charge is -2.64. The molecule has 4 N–H and O–H groups in total. The molecule has 4 aromatic rings. The number of pyridine rings is 2. The lowest BCUT2D eigenvalue weighted by molar-refractivity contribution is -0.206. The van der Waals surface area contributed by atoms with E-state index in [9.17, 15) is 18.4 Å². The molecule has 8 rings (SSSR count). The van der Waals surface area contributed by atoms with Crippen LogP contribution in [0.25, 0.3) is 21.8 Å². The molecular formula is C32H30ClF3N8. The van der Waals surface area contributed by atoms with Crippen LogP contribution in [-0.4, -0.2) is 33.2 Å². The minimum absolute atomic E-state index is 0.124. The molecule has 0 radical (unpaired) electrons. The van der Waals surface area contributed by atoms with Gasteiger partial charge in [-0.05, 0) is 68.9 Å². The first kappa shape index (κ1) is 28.5. The average Bonchev–Trinajstić information content (AvgIpc) is 3.41. The largest absolute Gasteiger partial charge is 0.395 e. The molecule has 2 aromatic carbocycles. The van der Waals surface area contributed by atoms with Gasteiger partial charge in [-0.3, -0.25) is 15.0 Å². The van der Waals surface area contributed by atoms with E-state index < -0.39 is 18.1 Å². The van der Waals surface area contributed by atoms with Crippen LogP contribution in [0.2, 0.25) is 5.02 Å². The molecule has 4 aliphatic rings. The molecule has 3 saturated carbocycles. The number of nitriles is 1. The molecule has 1 aliphatic heterocycles. The number of aromatic nitrogens is 2. The van der Waals surface area contributed by atoms with Crippen molar-refractivity contribution in [2.45, 2.75) is 50.9 Å². The van der Waals surface area contributed by atoms with Crippen LogP contribution < -0.4 is 21.6 Å². The fourth-order valence-corrected chi connectivity index (χ4v) is 6.62. The van der Waals surface area contributed by atoms with Crippen molar-refractivity contribution in [1.82, 2.24) is 25.9 Å². The predicted molar refractivity (Wildman–Crippen MR) is 164 cm³/mol. The highest BCUT2D eigenvalue weighted by atomic mass is 35.5. The van der Waals surface area contributed by atoms with Gasteiger partial charge >= 0.3 is 6.18 Å². The Morgan fingerprint density at radius 3 is 2.64 bits per heavy atom. The summed E-state index contributed by atoms with van der Waals surface area (Å²) in [4.78, 5) is 8.91. The number of nitrogens with zero attached hydrogens (tertiary/aromatic N) is 4. The summed E-state index contributed by atoms with van der Waals surface area (Å²) in [5.74, 6) is 0.809. The minimum atomic E-state index is -4.44. The molecule has 3 fully saturated rings. The Bertz CT molecular complexity index is 1840. The van der Waals surface area contributed by atoms with Crippen LogP contribution in [0.15, 0.2) is 66.8 Å². The first-order valence-corrected chi connectivity index (χ1v) is 14.8. The maximum absolute atomic E-state index is 13.7. The number of rotatable bonds is 8. The summed E-state index contributed by atoms with van der Waals surface area (Å²) in [6, 6.07) is 15.1. The topological polar surface area (TPSA) is 101 Å². The van der Waals surface area contributed by atoms with Gasteiger partial charge < -0.3 is 16.1 Å². The third kappa shape index (κ3) is 4.64. The molecular weight excluding hydrogens is 589 g/mol. The van der Waals surface area contributed by atoms with Crippen molar-refractivity contribution in [3.63, 3.8) is 0 Å². The molecule has 44 heavy (non-hydrogen) atoms. The van der Waals surface area contributed by atoms with Gasteiger partial charge in [-0.1, -0.05) is 29.8 Å². The van der Waals surface area contributed by atoms with Crippen molar-refractivity contribution < 1.29 is 13.2 Å². The number of fused-ring (bicyclic) bond motifs is 2. The normalized spacial score (nSPS) is 21.6. The second kappa shape index (κ2) is 10.1. The van der Waals surface area contributed by atoms with Gasteiger partial charge in [0.15, 0.2) is 0 Å². The van der Waals surface area contributed by atoms with E-state index in [-0.39, 0.29) is 22.8 Å². The number of alkyl halides is 3. The number of halogens is 4. The molecule has 0 amide bonds. The van der Waals surface area contributed by atoms with Crippen molar-refractivity contribution in [3.05, 3.63) is 82.9 Å². The van der Waals surface area contributed by atoms with Crippen LogP contribution in [0.3, 0.4) is 0 Å². The summed E-state index contributed by atoms with van der Waals surface area (Å²) in [5, 5.41) is 20.2. The summed E-state index contributed by atoms with van der Waals surface area (Å²) in [7, 11) is 0. The first-order chi connectivity index (χ1) is 21.0. The molecule has 3 heterocycles. The van der Waals surface area contributed by atoms with Crippen LogP contribution in [0.5, 0.6) is 0 Å². The van der Waals surface area contributed by atoms with E-state index in [2.05, 4.69) is 48.8 Å². The minimum Gasteiger partial charge on any atom is -0.382 e. The molecule has 0 unspecified atom stereocenters. The van der Waals surface area contributed by atoms with Crippen LogP contribution in [0.4, 0.5) is 24.5 Å². The number of nitrogens with one attached hydrogen (secondary N) is 4. The number of anilines is 2. The summed E-state index contributed by atoms with van der Waals surface area (Å²) in [6.45, 7) is 1.79. The summed E-state index contributed by atoms with van der Waals surface area (Å²) < 4.78 is 41.0. The third-order valence-electron chi connectivity index (χ3n) is 9.24. The maximum Gasteiger partial charge on any atom is 0.395 e. The van der Waals surface area contributed by atoms with E-state index in [1.807, 2.05) is 30.3 Å². The van der Waals surface area contributed by atoms with E-state index >= 15 is 0 Å². The zero-order valence-corrected chi connectivity index (χ0v) is 24.8. The van der Waals surface area contributed by atoms with E-state index in [0.717, 1.165) is 61.2 Å². The smallest absolute Gasteiger partial charge is 0.382 e. The van der Waals surface area contributed by atoms with Gasteiger partial charge in [-0.15, -0.1) is 5.53 Å². The zero-order chi connectivity index (χ0) is 30.9. The number of hydrogen-bond acceptors (Lipinski definition) is 8. The van der Waals surface area contributed by atoms with Gasteiger partial charge in [-0.25, -0.2) is 0 Å². The second-order valence-corrected chi connectivity index (χ2v) is 13.0. The fraction of sp³-hybridized carbons (Fsp3) is 0.344. The highest BCUT2D eigenvalue weighted by molar-refractivity contribution is 6.35. The van der Waals surface area contributed by atoms with Gasteiger partial charge in [0.05, 0.1) is 50.0 Å². The van der Waals surface area contributed by atoms with Crippen molar-refractivity contribution >= 4 is 44.8 Å². The van der Waals surface area contributed by atoms with Crippen molar-refractivity contribution in [1.29, 1.82) is 5.26 Å². The van der Waals surface area contributed by atoms with E-state index in [4.69, 9.17) is 11.6 Å². The molecule has 3 aliphatic carbocycles. The fourth-order valence-electron chi connectivity index (χ4n) is 6.35. The van der Waals surface area contributed by atoms with Crippen LogP contribution in [0, 0.1) is 22.7 Å². The SMILES string of the molecule is CC(C)(CNc1c(C#N)cnc2c(Cl)cc(N[C@H](C3=CN(C45CC(C4)C5)NN3)c3cccc4ncccc34)cc12)C(F)(F)F. The Morgan fingerprint density at radius 2 is 1.93 bits per heavy atom. The van der Waals surface area contributed by atoms with E-state index in [1.54, 1.807) is 18.3 Å². The van der Waals surface area contributed by atoms with Gasteiger partial charge in [0, 0.05) is 41.6 Å². The number of hydrazine groups is 2. The van der Waals surface area contributed by atoms with Gasteiger partial charge in [-0.2, -0.15) is 18.4 Å². The molecule has 0 spiro atoms. The van der Waals surface area contributed by atoms with Gasteiger partial charge in [0.1, 0.15) is 6.07 Å². The maximum atomic E-state index is 13.7. The van der Waals surface area contributed by atoms with Crippen LogP contribution in [0.1, 0.15) is 50.3 Å². The molecule has 2 aromatic heterocycles. The standard InChI is InChI=1S/C32H30ClF3N8/c1-30(2,32(34,35)36)17-40-27-19(14-37)15-39-28-23(27)9-20(10-24(28)33)41-29(22-5-3-7-25-21(22)6-4-8-38-25)26-16-44(43-42-26)31-11-18(12-31)13-31/h3-10,15-16,18,29,41-43H,11-13,17H2,1-2H3,(H,39,40)/t18?,29-,31?/m0/s1. The molecule has 12 heteroatoms. The van der Waals surface area contributed by atoms with E-state index in [0.29, 0.717) is 21.6 Å². The monoisotopic (exact) mass is 618 g/mol. The van der Waals surface area contributed by atoms with Crippen molar-refractivity contribution in [2.24, 2.45) is 11.3 Å². The Kier molecular flexibility index (Phi) is 6.57. The highest BCUT2D eigenvalue weighted by Gasteiger charge is 2.60. The Hall–Kier alpha value is -4.27. The highest BCUT2D eigenvalue weighted by Crippen LogP contribution is 2.60. The third-order valence-corrected chi connectivity index (χ3v) is 9.53. The second-order valence-electron chi connectivity index (χ2n) is 12.6. The quantitative estimate of drug-likeness (QED) is 0.165. The average molecular weight is 619 g/mol. The number of hydrogen-bond donors (Lipinski definition) is 4. The lowest BCUT2D eigenvalue weighted by atomic mass is 9.49. The summed E-state index contributed by atoms with van der Waals surface area (Å²) >= 11 is 6.74. The number of benzene rings is 2. The van der Waals surface area contributed by atoms with Crippen molar-refractivity contribution in [3.8, 4) is 6.07 Å². The predicted octanol–water partition coefficient (Wildman–Crippen LogP) is 7.18. The Labute approximate surface area is 257 Å². The Morgan fingerprint density at radius 1 is 1.14 bits per heavy atom. The van der Waals surface area contributed by atoms with Gasteiger partial charge in [0.2, 0.25) is 0 Å². The summed E-state index contributed by atoms with van der Waals surface area (Å²) in [5.41, 5.74) is 8.87.